The number of ether oxygens (including phenoxy) is 1. The van der Waals surface area contributed by atoms with Crippen molar-refractivity contribution in [3.05, 3.63) is 24.2 Å². The average molecular weight is 211 g/mol. The Morgan fingerprint density at radius 2 is 2.20 bits per heavy atom. The summed E-state index contributed by atoms with van der Waals surface area (Å²) in [7, 11) is 0. The van der Waals surface area contributed by atoms with E-state index in [0.29, 0.717) is 0 Å². The maximum absolute atomic E-state index is 5.97. The minimum absolute atomic E-state index is 0.0815. The van der Waals surface area contributed by atoms with Crippen LogP contribution >= 0.6 is 0 Å². The van der Waals surface area contributed by atoms with Crippen LogP contribution in [0.2, 0.25) is 0 Å². The molecule has 0 fully saturated rings. The molecule has 1 aromatic rings. The highest BCUT2D eigenvalue weighted by Gasteiger charge is 2.27. The van der Waals surface area contributed by atoms with E-state index in [-0.39, 0.29) is 17.7 Å². The van der Waals surface area contributed by atoms with Gasteiger partial charge in [0.05, 0.1) is 11.9 Å². The van der Waals surface area contributed by atoms with Crippen molar-refractivity contribution in [2.45, 2.75) is 51.9 Å². The van der Waals surface area contributed by atoms with E-state index < -0.39 is 0 Å². The van der Waals surface area contributed by atoms with Crippen molar-refractivity contribution in [1.29, 1.82) is 0 Å². The normalized spacial score (nSPS) is 16.3. The second kappa shape index (κ2) is 4.81. The topological polar surface area (TPSA) is 48.4 Å². The quantitative estimate of drug-likeness (QED) is 0.814. The van der Waals surface area contributed by atoms with Gasteiger partial charge in [-0.2, -0.15) is 0 Å². The lowest BCUT2D eigenvalue weighted by Crippen LogP contribution is -2.34. The van der Waals surface area contributed by atoms with Crippen molar-refractivity contribution in [1.82, 2.24) is 0 Å². The third-order valence-corrected chi connectivity index (χ3v) is 2.60. The number of hydrogen-bond donors (Lipinski definition) is 1. The van der Waals surface area contributed by atoms with E-state index in [9.17, 15) is 0 Å². The van der Waals surface area contributed by atoms with Crippen LogP contribution in [-0.2, 0) is 4.74 Å². The third-order valence-electron chi connectivity index (χ3n) is 2.60. The maximum atomic E-state index is 5.97. The Hall–Kier alpha value is -0.800. The molecule has 0 aliphatic rings. The Bertz CT molecular complexity index is 278. The average Bonchev–Trinajstić information content (AvgIpc) is 2.66. The Morgan fingerprint density at radius 1 is 1.53 bits per heavy atom. The first kappa shape index (κ1) is 12.3. The van der Waals surface area contributed by atoms with Crippen LogP contribution in [0.5, 0.6) is 0 Å². The fourth-order valence-electron chi connectivity index (χ4n) is 1.30. The Morgan fingerprint density at radius 3 is 2.60 bits per heavy atom. The molecule has 3 nitrogen and oxygen atoms in total. The van der Waals surface area contributed by atoms with Crippen molar-refractivity contribution in [2.75, 3.05) is 0 Å². The molecular weight excluding hydrogens is 190 g/mol. The predicted octanol–water partition coefficient (Wildman–Crippen LogP) is 2.87. The van der Waals surface area contributed by atoms with Gasteiger partial charge in [0, 0.05) is 6.04 Å². The van der Waals surface area contributed by atoms with Gasteiger partial charge in [-0.3, -0.25) is 0 Å². The van der Waals surface area contributed by atoms with E-state index >= 15 is 0 Å². The van der Waals surface area contributed by atoms with Gasteiger partial charge >= 0.3 is 0 Å². The molecule has 86 valence electrons. The molecule has 1 heterocycles. The number of hydrogen-bond acceptors (Lipinski definition) is 3. The monoisotopic (exact) mass is 211 g/mol. The molecule has 15 heavy (non-hydrogen) atoms. The first-order valence-corrected chi connectivity index (χ1v) is 5.43. The van der Waals surface area contributed by atoms with Gasteiger partial charge in [-0.1, -0.05) is 6.92 Å². The Labute approximate surface area is 91.6 Å². The molecule has 0 amide bonds. The lowest BCUT2D eigenvalue weighted by atomic mass is 10.0. The summed E-state index contributed by atoms with van der Waals surface area (Å²) >= 11 is 0. The molecule has 2 atom stereocenters. The van der Waals surface area contributed by atoms with Crippen LogP contribution in [0, 0.1) is 0 Å². The molecule has 1 aromatic heterocycles. The fraction of sp³-hybridized carbons (Fsp3) is 0.667. The number of furan rings is 1. The second-order valence-electron chi connectivity index (χ2n) is 4.53. The molecule has 0 aliphatic carbocycles. The summed E-state index contributed by atoms with van der Waals surface area (Å²) in [4.78, 5) is 0. The Kier molecular flexibility index (Phi) is 3.94. The summed E-state index contributed by atoms with van der Waals surface area (Å²) < 4.78 is 11.3. The zero-order valence-corrected chi connectivity index (χ0v) is 9.99. The van der Waals surface area contributed by atoms with E-state index in [1.54, 1.807) is 6.26 Å². The molecule has 0 saturated heterocycles. The second-order valence-corrected chi connectivity index (χ2v) is 4.53. The summed E-state index contributed by atoms with van der Waals surface area (Å²) in [5, 5.41) is 0. The standard InChI is InChI=1S/C12H21NO2/c1-5-12(3,4)15-11(9(2)13)10-7-6-8-14-10/h6-9,11H,5,13H2,1-4H3. The first-order chi connectivity index (χ1) is 6.96. The van der Waals surface area contributed by atoms with Crippen LogP contribution in [0.25, 0.3) is 0 Å². The highest BCUT2D eigenvalue weighted by molar-refractivity contribution is 5.05. The Balaban J connectivity index is 2.77. The van der Waals surface area contributed by atoms with Crippen LogP contribution in [0.4, 0.5) is 0 Å². The molecule has 1 rings (SSSR count). The largest absolute Gasteiger partial charge is 0.467 e. The van der Waals surface area contributed by atoms with Gasteiger partial charge in [0.2, 0.25) is 0 Å². The lowest BCUT2D eigenvalue weighted by molar-refractivity contribution is -0.0911. The van der Waals surface area contributed by atoms with Crippen molar-refractivity contribution in [3.63, 3.8) is 0 Å². The van der Waals surface area contributed by atoms with Crippen LogP contribution in [-0.4, -0.2) is 11.6 Å². The first-order valence-electron chi connectivity index (χ1n) is 5.43. The molecule has 0 aliphatic heterocycles. The van der Waals surface area contributed by atoms with Gasteiger partial charge in [-0.05, 0) is 39.3 Å². The van der Waals surface area contributed by atoms with E-state index in [2.05, 4.69) is 20.8 Å². The van der Waals surface area contributed by atoms with Crippen LogP contribution in [0.15, 0.2) is 22.8 Å². The highest BCUT2D eigenvalue weighted by atomic mass is 16.5. The molecule has 3 heteroatoms. The fourth-order valence-corrected chi connectivity index (χ4v) is 1.30. The summed E-state index contributed by atoms with van der Waals surface area (Å²) in [6.45, 7) is 8.15. The summed E-state index contributed by atoms with van der Waals surface area (Å²) in [6.07, 6.45) is 2.42. The maximum Gasteiger partial charge on any atom is 0.134 e. The van der Waals surface area contributed by atoms with Gasteiger partial charge in [-0.15, -0.1) is 0 Å². The van der Waals surface area contributed by atoms with Crippen molar-refractivity contribution < 1.29 is 9.15 Å². The smallest absolute Gasteiger partial charge is 0.134 e. The molecule has 2 N–H and O–H groups in total. The zero-order chi connectivity index (χ0) is 11.5. The van der Waals surface area contributed by atoms with Crippen molar-refractivity contribution in [2.24, 2.45) is 5.73 Å². The summed E-state index contributed by atoms with van der Waals surface area (Å²) in [5.74, 6) is 0.798. The van der Waals surface area contributed by atoms with E-state index in [1.165, 1.54) is 0 Å². The molecule has 0 saturated carbocycles. The van der Waals surface area contributed by atoms with E-state index in [0.717, 1.165) is 12.2 Å². The SMILES string of the molecule is CCC(C)(C)OC(c1ccco1)C(C)N. The minimum Gasteiger partial charge on any atom is -0.467 e. The van der Waals surface area contributed by atoms with Gasteiger partial charge in [-0.25, -0.2) is 0 Å². The number of nitrogens with two attached hydrogens (primary N) is 1. The highest BCUT2D eigenvalue weighted by Crippen LogP contribution is 2.28. The molecule has 0 radical (unpaired) electrons. The molecular formula is C12H21NO2. The zero-order valence-electron chi connectivity index (χ0n) is 9.99. The van der Waals surface area contributed by atoms with Crippen LogP contribution in [0.3, 0.4) is 0 Å². The van der Waals surface area contributed by atoms with Gasteiger partial charge in [0.15, 0.2) is 0 Å². The minimum atomic E-state index is -0.176. The number of rotatable bonds is 5. The van der Waals surface area contributed by atoms with Gasteiger partial charge in [0.1, 0.15) is 11.9 Å². The van der Waals surface area contributed by atoms with Crippen LogP contribution in [0.1, 0.15) is 46.0 Å². The lowest BCUT2D eigenvalue weighted by Gasteiger charge is -2.30. The van der Waals surface area contributed by atoms with Crippen LogP contribution < -0.4 is 5.73 Å². The molecule has 0 spiro atoms. The molecule has 0 bridgehead atoms. The van der Waals surface area contributed by atoms with Crippen molar-refractivity contribution >= 4 is 0 Å². The third kappa shape index (κ3) is 3.36. The van der Waals surface area contributed by atoms with Gasteiger partial charge in [0.25, 0.3) is 0 Å². The molecule has 0 aromatic carbocycles. The van der Waals surface area contributed by atoms with Gasteiger partial charge < -0.3 is 14.9 Å². The van der Waals surface area contributed by atoms with E-state index in [4.69, 9.17) is 14.9 Å². The molecule has 2 unspecified atom stereocenters. The summed E-state index contributed by atoms with van der Waals surface area (Å²) in [6, 6.07) is 3.68. The predicted molar refractivity (Wildman–Crippen MR) is 60.6 cm³/mol. The van der Waals surface area contributed by atoms with Crippen molar-refractivity contribution in [3.8, 4) is 0 Å². The summed E-state index contributed by atoms with van der Waals surface area (Å²) in [5.41, 5.74) is 5.73. The van der Waals surface area contributed by atoms with E-state index in [1.807, 2.05) is 19.1 Å².